The van der Waals surface area contributed by atoms with Crippen molar-refractivity contribution < 1.29 is 33.4 Å². The van der Waals surface area contributed by atoms with E-state index in [9.17, 15) is 24.0 Å². The van der Waals surface area contributed by atoms with Crippen LogP contribution in [-0.2, 0) is 19.1 Å². The smallest absolute Gasteiger partial charge is 0.343 e. The third-order valence-corrected chi connectivity index (χ3v) is 8.65. The van der Waals surface area contributed by atoms with Gasteiger partial charge in [-0.05, 0) is 78.6 Å². The Morgan fingerprint density at radius 1 is 0.842 bits per heavy atom. The van der Waals surface area contributed by atoms with Gasteiger partial charge in [0.25, 0.3) is 0 Å². The van der Waals surface area contributed by atoms with Gasteiger partial charge in [-0.1, -0.05) is 28.1 Å². The van der Waals surface area contributed by atoms with Gasteiger partial charge in [-0.3, -0.25) is 24.1 Å². The first-order chi connectivity index (χ1) is 18.3. The molecule has 7 rings (SSSR count). The first-order valence-corrected chi connectivity index (χ1v) is 13.4. The van der Waals surface area contributed by atoms with Crippen LogP contribution in [0, 0.1) is 35.5 Å². The number of carbonyl (C=O) groups is 5. The number of nitrogens with zero attached hydrogens (tertiary/aromatic N) is 1. The number of rotatable bonds is 8. The molecule has 6 atom stereocenters. The number of imide groups is 1. The highest BCUT2D eigenvalue weighted by molar-refractivity contribution is 9.10. The number of amides is 2. The molecule has 0 aromatic heterocycles. The van der Waals surface area contributed by atoms with Crippen molar-refractivity contribution in [3.05, 3.63) is 76.3 Å². The van der Waals surface area contributed by atoms with Crippen LogP contribution in [0.3, 0.4) is 0 Å². The number of likely N-dealkylation sites (tertiary alicyclic amines) is 1. The van der Waals surface area contributed by atoms with Crippen LogP contribution in [0.1, 0.15) is 33.6 Å². The Morgan fingerprint density at radius 3 is 2.03 bits per heavy atom. The molecular weight excluding hydrogens is 554 g/mol. The predicted molar refractivity (Wildman–Crippen MR) is 137 cm³/mol. The largest absolute Gasteiger partial charge is 0.457 e. The maximum absolute atomic E-state index is 13.0. The number of allylic oxidation sites excluding steroid dienone is 2. The highest BCUT2D eigenvalue weighted by Gasteiger charge is 2.66. The van der Waals surface area contributed by atoms with Crippen LogP contribution in [-0.4, -0.2) is 47.6 Å². The molecule has 0 radical (unpaired) electrons. The van der Waals surface area contributed by atoms with Crippen LogP contribution in [0.4, 0.5) is 0 Å². The van der Waals surface area contributed by atoms with Crippen molar-refractivity contribution in [3.8, 4) is 5.75 Å². The molecule has 5 aliphatic rings. The number of halogens is 1. The minimum Gasteiger partial charge on any atom is -0.457 e. The quantitative estimate of drug-likeness (QED) is 0.154. The summed E-state index contributed by atoms with van der Waals surface area (Å²) in [6.07, 6.45) is 5.14. The molecule has 8 nitrogen and oxygen atoms in total. The van der Waals surface area contributed by atoms with Crippen LogP contribution in [0.2, 0.25) is 0 Å². The topological polar surface area (TPSA) is 107 Å². The summed E-state index contributed by atoms with van der Waals surface area (Å²) in [4.78, 5) is 64.2. The van der Waals surface area contributed by atoms with Crippen LogP contribution in [0.25, 0.3) is 0 Å². The molecule has 2 saturated carbocycles. The summed E-state index contributed by atoms with van der Waals surface area (Å²) in [5, 5.41) is 0. The second kappa shape index (κ2) is 9.62. The number of ketones is 1. The van der Waals surface area contributed by atoms with E-state index in [2.05, 4.69) is 28.1 Å². The van der Waals surface area contributed by atoms with Crippen molar-refractivity contribution in [2.45, 2.75) is 12.8 Å². The molecular formula is C29H24BrNO7. The van der Waals surface area contributed by atoms with E-state index in [1.165, 1.54) is 29.2 Å². The van der Waals surface area contributed by atoms with Crippen molar-refractivity contribution in [3.63, 3.8) is 0 Å². The summed E-state index contributed by atoms with van der Waals surface area (Å²) in [6, 6.07) is 12.7. The van der Waals surface area contributed by atoms with Crippen LogP contribution in [0.15, 0.2) is 65.2 Å². The van der Waals surface area contributed by atoms with Crippen LogP contribution < -0.4 is 4.74 Å². The first kappa shape index (κ1) is 24.7. The normalized spacial score (nSPS) is 28.1. The molecule has 2 bridgehead atoms. The summed E-state index contributed by atoms with van der Waals surface area (Å²) in [7, 11) is 0. The second-order valence-corrected chi connectivity index (χ2v) is 11.2. The minimum absolute atomic E-state index is 0.0368. The van der Waals surface area contributed by atoms with Gasteiger partial charge in [0.05, 0.1) is 23.8 Å². The summed E-state index contributed by atoms with van der Waals surface area (Å²) < 4.78 is 11.3. The van der Waals surface area contributed by atoms with Gasteiger partial charge in [-0.15, -0.1) is 0 Å². The molecule has 1 heterocycles. The Balaban J connectivity index is 0.974. The number of benzene rings is 2. The molecule has 3 fully saturated rings. The van der Waals surface area contributed by atoms with Gasteiger partial charge in [0.1, 0.15) is 5.75 Å². The lowest BCUT2D eigenvalue weighted by Crippen LogP contribution is -2.40. The summed E-state index contributed by atoms with van der Waals surface area (Å²) >= 11 is 3.31. The number of hydrogen-bond donors (Lipinski definition) is 0. The van der Waals surface area contributed by atoms with Gasteiger partial charge < -0.3 is 9.47 Å². The van der Waals surface area contributed by atoms with Crippen LogP contribution >= 0.6 is 15.9 Å². The number of hydrogen-bond acceptors (Lipinski definition) is 7. The molecule has 2 aromatic carbocycles. The highest BCUT2D eigenvalue weighted by atomic mass is 79.9. The minimum atomic E-state index is -0.655. The fourth-order valence-electron chi connectivity index (χ4n) is 6.20. The molecule has 4 aliphatic carbocycles. The Labute approximate surface area is 227 Å². The Morgan fingerprint density at radius 2 is 1.42 bits per heavy atom. The van der Waals surface area contributed by atoms with Gasteiger partial charge in [-0.2, -0.15) is 0 Å². The van der Waals surface area contributed by atoms with E-state index < -0.39 is 24.3 Å². The Hall–Kier alpha value is -3.59. The van der Waals surface area contributed by atoms with Crippen LogP contribution in [0.5, 0.6) is 5.75 Å². The summed E-state index contributed by atoms with van der Waals surface area (Å²) in [6.45, 7) is -0.508. The predicted octanol–water partition coefficient (Wildman–Crippen LogP) is 3.84. The third kappa shape index (κ3) is 4.38. The number of Topliss-reactive ketones (excluding diaryl/α,β-unsaturated/α-hetero) is 1. The van der Waals surface area contributed by atoms with E-state index in [0.717, 1.165) is 10.9 Å². The second-order valence-electron chi connectivity index (χ2n) is 10.2. The molecule has 1 saturated heterocycles. The molecule has 38 heavy (non-hydrogen) atoms. The number of carbonyl (C=O) groups excluding carboxylic acids is 5. The highest BCUT2D eigenvalue weighted by Crippen LogP contribution is 2.65. The van der Waals surface area contributed by atoms with E-state index in [4.69, 9.17) is 9.47 Å². The van der Waals surface area contributed by atoms with Crippen molar-refractivity contribution in [2.75, 3.05) is 13.2 Å². The zero-order chi connectivity index (χ0) is 26.6. The Kier molecular flexibility index (Phi) is 6.26. The average molecular weight is 578 g/mol. The monoisotopic (exact) mass is 577 g/mol. The number of ether oxygens (including phenoxy) is 2. The molecule has 9 heteroatoms. The SMILES string of the molecule is O=C(CCN1C(=O)C2C3C=CC(C4CC34)C2C1=O)OCC(=O)c1ccc(OC(=O)c2ccc(Br)cc2)cc1. The molecule has 0 N–H and O–H groups in total. The zero-order valence-corrected chi connectivity index (χ0v) is 21.8. The molecule has 1 aliphatic heterocycles. The van der Waals surface area contributed by atoms with E-state index >= 15 is 0 Å². The van der Waals surface area contributed by atoms with E-state index in [-0.39, 0.29) is 59.8 Å². The van der Waals surface area contributed by atoms with E-state index in [0.29, 0.717) is 17.4 Å². The van der Waals surface area contributed by atoms with Gasteiger partial charge in [0, 0.05) is 16.6 Å². The molecule has 194 valence electrons. The summed E-state index contributed by atoms with van der Waals surface area (Å²) in [5.74, 6) is -0.987. The maximum Gasteiger partial charge on any atom is 0.343 e. The standard InChI is InChI=1S/C29H24BrNO7/c30-17-5-1-16(2-6-17)29(36)38-18-7-3-15(4-8-18)23(32)14-37-24(33)11-12-31-27(34)25-19-9-10-20(22-13-21(19)22)26(25)28(31)35/h1-10,19-22,25-26H,11-14H2. The lowest BCUT2D eigenvalue weighted by Gasteiger charge is -2.37. The van der Waals surface area contributed by atoms with E-state index in [1.54, 1.807) is 24.3 Å². The summed E-state index contributed by atoms with van der Waals surface area (Å²) in [5.41, 5.74) is 0.675. The average Bonchev–Trinajstić information content (AvgIpc) is 3.70. The fourth-order valence-corrected chi connectivity index (χ4v) is 6.47. The third-order valence-electron chi connectivity index (χ3n) is 8.12. The van der Waals surface area contributed by atoms with Crippen molar-refractivity contribution in [1.82, 2.24) is 4.90 Å². The van der Waals surface area contributed by atoms with Crippen molar-refractivity contribution >= 4 is 45.5 Å². The molecule has 0 spiro atoms. The van der Waals surface area contributed by atoms with Gasteiger partial charge >= 0.3 is 11.9 Å². The van der Waals surface area contributed by atoms with Gasteiger partial charge in [-0.25, -0.2) is 4.79 Å². The number of esters is 2. The first-order valence-electron chi connectivity index (χ1n) is 12.6. The van der Waals surface area contributed by atoms with Gasteiger partial charge in [0.2, 0.25) is 11.8 Å². The molecule has 2 aromatic rings. The lowest BCUT2D eigenvalue weighted by molar-refractivity contribution is -0.145. The molecule has 6 unspecified atom stereocenters. The maximum atomic E-state index is 13.0. The zero-order valence-electron chi connectivity index (χ0n) is 20.2. The fraction of sp³-hybridized carbons (Fsp3) is 0.345. The lowest BCUT2D eigenvalue weighted by atomic mass is 9.63. The van der Waals surface area contributed by atoms with Gasteiger partial charge in [0.15, 0.2) is 12.4 Å². The van der Waals surface area contributed by atoms with Crippen molar-refractivity contribution in [1.29, 1.82) is 0 Å². The Bertz CT molecular complexity index is 1330. The van der Waals surface area contributed by atoms with E-state index in [1.807, 2.05) is 0 Å². The molecule has 2 amide bonds. The van der Waals surface area contributed by atoms with Crippen molar-refractivity contribution in [2.24, 2.45) is 35.5 Å².